The molecule has 0 unspecified atom stereocenters. The van der Waals surface area contributed by atoms with E-state index < -0.39 is 0 Å². The zero-order valence-corrected chi connectivity index (χ0v) is 12.3. The highest BCUT2D eigenvalue weighted by atomic mass is 16.5. The van der Waals surface area contributed by atoms with Gasteiger partial charge < -0.3 is 4.74 Å². The van der Waals surface area contributed by atoms with Crippen molar-refractivity contribution in [1.29, 1.82) is 0 Å². The summed E-state index contributed by atoms with van der Waals surface area (Å²) < 4.78 is 5.83. The molecule has 0 saturated carbocycles. The number of rotatable bonds is 2. The number of carbonyl (C=O) groups is 1. The number of fused-ring (bicyclic) bond motifs is 1. The summed E-state index contributed by atoms with van der Waals surface area (Å²) >= 11 is 0. The minimum Gasteiger partial charge on any atom is -0.487 e. The summed E-state index contributed by atoms with van der Waals surface area (Å²) in [5.74, 6) is 0.696. The molecule has 104 valence electrons. The van der Waals surface area contributed by atoms with Gasteiger partial charge in [0, 0.05) is 23.1 Å². The average molecular weight is 262 g/mol. The fourth-order valence-corrected chi connectivity index (χ4v) is 2.13. The lowest BCUT2D eigenvalue weighted by Crippen LogP contribution is -2.48. The van der Waals surface area contributed by atoms with Crippen LogP contribution in [0.5, 0.6) is 5.75 Å². The van der Waals surface area contributed by atoms with E-state index in [9.17, 15) is 4.79 Å². The molecule has 0 fully saturated rings. The van der Waals surface area contributed by atoms with Crippen LogP contribution in [-0.4, -0.2) is 17.0 Å². The Morgan fingerprint density at radius 2 is 2.00 bits per heavy atom. The second-order valence-electron chi connectivity index (χ2n) is 6.65. The van der Waals surface area contributed by atoms with Crippen molar-refractivity contribution in [2.45, 2.75) is 52.2 Å². The number of amides is 1. The Morgan fingerprint density at radius 3 is 2.63 bits per heavy atom. The lowest BCUT2D eigenvalue weighted by molar-refractivity contribution is 0.0913. The molecule has 1 aliphatic heterocycles. The molecule has 0 spiro atoms. The molecule has 0 saturated heterocycles. The Labute approximate surface area is 114 Å². The first kappa shape index (κ1) is 13.9. The van der Waals surface area contributed by atoms with Gasteiger partial charge in [0.1, 0.15) is 11.4 Å². The van der Waals surface area contributed by atoms with Gasteiger partial charge in [-0.2, -0.15) is 0 Å². The Bertz CT molecular complexity index is 501. The molecule has 2 rings (SSSR count). The largest absolute Gasteiger partial charge is 0.487 e. The van der Waals surface area contributed by atoms with E-state index >= 15 is 0 Å². The van der Waals surface area contributed by atoms with E-state index in [4.69, 9.17) is 4.74 Å². The highest BCUT2D eigenvalue weighted by Crippen LogP contribution is 2.36. The second kappa shape index (κ2) is 4.53. The van der Waals surface area contributed by atoms with Gasteiger partial charge in [0.15, 0.2) is 0 Å². The van der Waals surface area contributed by atoms with Crippen LogP contribution in [0.2, 0.25) is 0 Å². The first-order chi connectivity index (χ1) is 8.68. The molecule has 1 aromatic carbocycles. The predicted molar refractivity (Wildman–Crippen MR) is 75.2 cm³/mol. The minimum absolute atomic E-state index is 0.118. The highest BCUT2D eigenvalue weighted by molar-refractivity contribution is 5.96. The SMILES string of the molecule is CC(C)(C)NNC(=O)c1cccc2c1CC(C)(C)O2. The van der Waals surface area contributed by atoms with Gasteiger partial charge in [0.25, 0.3) is 5.91 Å². The van der Waals surface area contributed by atoms with Crippen LogP contribution in [0.3, 0.4) is 0 Å². The molecular formula is C15H22N2O2. The maximum atomic E-state index is 12.2. The van der Waals surface area contributed by atoms with E-state index in [0.717, 1.165) is 17.7 Å². The Morgan fingerprint density at radius 1 is 1.32 bits per heavy atom. The van der Waals surface area contributed by atoms with Crippen molar-refractivity contribution in [3.05, 3.63) is 29.3 Å². The molecule has 0 aliphatic carbocycles. The smallest absolute Gasteiger partial charge is 0.265 e. The maximum absolute atomic E-state index is 12.2. The Hall–Kier alpha value is -1.55. The number of benzene rings is 1. The van der Waals surface area contributed by atoms with Gasteiger partial charge in [0.2, 0.25) is 0 Å². The summed E-state index contributed by atoms with van der Waals surface area (Å²) in [4.78, 5) is 12.2. The van der Waals surface area contributed by atoms with Crippen LogP contribution >= 0.6 is 0 Å². The van der Waals surface area contributed by atoms with Crippen LogP contribution in [0.1, 0.15) is 50.5 Å². The van der Waals surface area contributed by atoms with Crippen molar-refractivity contribution >= 4 is 5.91 Å². The summed E-state index contributed by atoms with van der Waals surface area (Å²) in [6, 6.07) is 5.60. The first-order valence-electron chi connectivity index (χ1n) is 6.56. The molecule has 4 heteroatoms. The quantitative estimate of drug-likeness (QED) is 0.805. The molecule has 0 aromatic heterocycles. The monoisotopic (exact) mass is 262 g/mol. The summed E-state index contributed by atoms with van der Waals surface area (Å²) in [5, 5.41) is 0. The number of nitrogens with one attached hydrogen (secondary N) is 2. The van der Waals surface area contributed by atoms with Gasteiger partial charge in [-0.15, -0.1) is 0 Å². The summed E-state index contributed by atoms with van der Waals surface area (Å²) in [6.07, 6.45) is 0.751. The van der Waals surface area contributed by atoms with E-state index in [1.54, 1.807) is 0 Å². The van der Waals surface area contributed by atoms with Crippen molar-refractivity contribution < 1.29 is 9.53 Å². The molecule has 0 atom stereocenters. The van der Waals surface area contributed by atoms with Crippen LogP contribution in [0, 0.1) is 0 Å². The maximum Gasteiger partial charge on any atom is 0.265 e. The topological polar surface area (TPSA) is 50.4 Å². The Balaban J connectivity index is 2.19. The van der Waals surface area contributed by atoms with Crippen LogP contribution < -0.4 is 15.6 Å². The second-order valence-corrected chi connectivity index (χ2v) is 6.65. The Kier molecular flexibility index (Phi) is 3.31. The number of carbonyl (C=O) groups excluding carboxylic acids is 1. The van der Waals surface area contributed by atoms with E-state index in [0.29, 0.717) is 5.56 Å². The summed E-state index contributed by atoms with van der Waals surface area (Å²) in [7, 11) is 0. The van der Waals surface area contributed by atoms with E-state index in [2.05, 4.69) is 10.9 Å². The van der Waals surface area contributed by atoms with Crippen LogP contribution in [-0.2, 0) is 6.42 Å². The normalized spacial score (nSPS) is 16.7. The first-order valence-corrected chi connectivity index (χ1v) is 6.56. The third kappa shape index (κ3) is 3.26. The van der Waals surface area contributed by atoms with Crippen molar-refractivity contribution in [3.63, 3.8) is 0 Å². The van der Waals surface area contributed by atoms with Crippen LogP contribution in [0.25, 0.3) is 0 Å². The van der Waals surface area contributed by atoms with Crippen molar-refractivity contribution in [1.82, 2.24) is 10.9 Å². The highest BCUT2D eigenvalue weighted by Gasteiger charge is 2.33. The van der Waals surface area contributed by atoms with Crippen molar-refractivity contribution in [2.75, 3.05) is 0 Å². The third-order valence-corrected chi connectivity index (χ3v) is 2.92. The standard InChI is InChI=1S/C15H22N2O2/c1-14(2,3)17-16-13(18)10-7-6-8-12-11(10)9-15(4,5)19-12/h6-8,17H,9H2,1-5H3,(H,16,18). The van der Waals surface area contributed by atoms with Crippen LogP contribution in [0.4, 0.5) is 0 Å². The molecule has 1 aliphatic rings. The number of ether oxygens (including phenoxy) is 1. The molecule has 4 nitrogen and oxygen atoms in total. The van der Waals surface area contributed by atoms with E-state index in [1.807, 2.05) is 52.8 Å². The molecular weight excluding hydrogens is 240 g/mol. The third-order valence-electron chi connectivity index (χ3n) is 2.92. The van der Waals surface area contributed by atoms with Gasteiger partial charge in [-0.25, -0.2) is 5.43 Å². The van der Waals surface area contributed by atoms with Gasteiger partial charge in [-0.1, -0.05) is 6.07 Å². The zero-order chi connectivity index (χ0) is 14.3. The molecule has 1 heterocycles. The lowest BCUT2D eigenvalue weighted by atomic mass is 9.97. The zero-order valence-electron chi connectivity index (χ0n) is 12.3. The molecule has 1 aromatic rings. The number of hydrogen-bond donors (Lipinski definition) is 2. The molecule has 0 bridgehead atoms. The van der Waals surface area contributed by atoms with Gasteiger partial charge in [-0.05, 0) is 46.8 Å². The molecule has 0 radical (unpaired) electrons. The van der Waals surface area contributed by atoms with E-state index in [-0.39, 0.29) is 17.0 Å². The fourth-order valence-electron chi connectivity index (χ4n) is 2.13. The molecule has 1 amide bonds. The summed E-state index contributed by atoms with van der Waals surface area (Å²) in [6.45, 7) is 10.0. The van der Waals surface area contributed by atoms with Crippen molar-refractivity contribution in [2.24, 2.45) is 0 Å². The van der Waals surface area contributed by atoms with E-state index in [1.165, 1.54) is 0 Å². The molecule has 2 N–H and O–H groups in total. The van der Waals surface area contributed by atoms with Crippen LogP contribution in [0.15, 0.2) is 18.2 Å². The predicted octanol–water partition coefficient (Wildman–Crippen LogP) is 2.43. The van der Waals surface area contributed by atoms with Crippen molar-refractivity contribution in [3.8, 4) is 5.75 Å². The number of hydrazine groups is 1. The minimum atomic E-state index is -0.240. The molecule has 19 heavy (non-hydrogen) atoms. The number of hydrogen-bond acceptors (Lipinski definition) is 3. The fraction of sp³-hybridized carbons (Fsp3) is 0.533. The average Bonchev–Trinajstić information content (AvgIpc) is 2.58. The lowest BCUT2D eigenvalue weighted by Gasteiger charge is -2.21. The van der Waals surface area contributed by atoms with Gasteiger partial charge in [-0.3, -0.25) is 10.2 Å². The summed E-state index contributed by atoms with van der Waals surface area (Å²) in [5.41, 5.74) is 7.01. The van der Waals surface area contributed by atoms with Gasteiger partial charge in [0.05, 0.1) is 0 Å². The van der Waals surface area contributed by atoms with Gasteiger partial charge >= 0.3 is 0 Å².